The smallest absolute Gasteiger partial charge is 0.150 e. The van der Waals surface area contributed by atoms with Gasteiger partial charge in [-0.15, -0.1) is 6.42 Å². The van der Waals surface area contributed by atoms with Crippen molar-refractivity contribution in [1.29, 1.82) is 0 Å². The molecule has 0 aromatic heterocycles. The Kier molecular flexibility index (Phi) is 2.11. The summed E-state index contributed by atoms with van der Waals surface area (Å²) < 4.78 is 0. The zero-order chi connectivity index (χ0) is 12.3. The van der Waals surface area contributed by atoms with Crippen LogP contribution in [-0.2, 0) is 4.79 Å². The molecule has 0 aliphatic heterocycles. The van der Waals surface area contributed by atoms with Crippen molar-refractivity contribution in [1.82, 2.24) is 0 Å². The van der Waals surface area contributed by atoms with E-state index in [0.29, 0.717) is 23.0 Å². The number of carbonyl (C=O) groups excluding carboxylic acids is 1. The van der Waals surface area contributed by atoms with Crippen LogP contribution in [0.2, 0.25) is 0 Å². The van der Waals surface area contributed by atoms with Gasteiger partial charge in [0.05, 0.1) is 6.42 Å². The molecule has 1 heteroatoms. The van der Waals surface area contributed by atoms with Gasteiger partial charge >= 0.3 is 0 Å². The summed E-state index contributed by atoms with van der Waals surface area (Å²) in [6.45, 7) is 4.79. The van der Waals surface area contributed by atoms with Crippen LogP contribution < -0.4 is 0 Å². The molecule has 0 aromatic carbocycles. The number of carbonyl (C=O) groups is 1. The van der Waals surface area contributed by atoms with Gasteiger partial charge in [-0.1, -0.05) is 19.8 Å². The third kappa shape index (κ3) is 1.57. The highest BCUT2D eigenvalue weighted by molar-refractivity contribution is 5.87. The van der Waals surface area contributed by atoms with Crippen molar-refractivity contribution in [3.8, 4) is 12.3 Å². The maximum atomic E-state index is 12.4. The van der Waals surface area contributed by atoms with Crippen molar-refractivity contribution < 1.29 is 4.79 Å². The first-order valence-electron chi connectivity index (χ1n) is 6.86. The van der Waals surface area contributed by atoms with E-state index in [2.05, 4.69) is 19.8 Å². The van der Waals surface area contributed by atoms with Crippen molar-refractivity contribution in [3.05, 3.63) is 0 Å². The van der Waals surface area contributed by atoms with Crippen LogP contribution in [0.5, 0.6) is 0 Å². The average Bonchev–Trinajstić information content (AvgIpc) is 2.11. The molecule has 4 bridgehead atoms. The lowest BCUT2D eigenvalue weighted by atomic mass is 9.39. The van der Waals surface area contributed by atoms with E-state index >= 15 is 0 Å². The Morgan fingerprint density at radius 2 is 1.76 bits per heavy atom. The highest BCUT2D eigenvalue weighted by atomic mass is 16.1. The lowest BCUT2D eigenvalue weighted by molar-refractivity contribution is -0.167. The van der Waals surface area contributed by atoms with Crippen LogP contribution in [0.3, 0.4) is 0 Å². The molecule has 2 atom stereocenters. The number of hydrogen-bond donors (Lipinski definition) is 0. The molecule has 1 nitrogen and oxygen atoms in total. The highest BCUT2D eigenvalue weighted by Crippen LogP contribution is 2.69. The monoisotopic (exact) mass is 230 g/mol. The number of Topliss-reactive ketones (excluding diaryl/α,β-unsaturated/α-hetero) is 1. The van der Waals surface area contributed by atoms with Crippen LogP contribution in [0.25, 0.3) is 0 Å². The molecule has 0 spiro atoms. The Balaban J connectivity index is 1.98. The van der Waals surface area contributed by atoms with Crippen molar-refractivity contribution in [2.45, 2.75) is 58.8 Å². The van der Waals surface area contributed by atoms with Gasteiger partial charge in [0.1, 0.15) is 0 Å². The summed E-state index contributed by atoms with van der Waals surface area (Å²) in [4.78, 5) is 12.4. The average molecular weight is 230 g/mol. The maximum absolute atomic E-state index is 12.4. The van der Waals surface area contributed by atoms with Gasteiger partial charge in [-0.25, -0.2) is 0 Å². The standard InChI is InChI=1S/C16H22O/c1-4-5-13(17)16-8-12-6-14(2,10-16)9-15(3,7-12)11-16/h1,12H,5-11H2,2-3H3. The lowest BCUT2D eigenvalue weighted by Crippen LogP contribution is -2.57. The Morgan fingerprint density at radius 3 is 2.24 bits per heavy atom. The largest absolute Gasteiger partial charge is 0.298 e. The summed E-state index contributed by atoms with van der Waals surface area (Å²) in [5.74, 6) is 3.71. The second-order valence-corrected chi connectivity index (χ2v) is 7.71. The van der Waals surface area contributed by atoms with E-state index < -0.39 is 0 Å². The molecule has 0 radical (unpaired) electrons. The summed E-state index contributed by atoms with van der Waals surface area (Å²) in [6.07, 6.45) is 13.0. The lowest BCUT2D eigenvalue weighted by Gasteiger charge is -2.64. The Hall–Kier alpha value is -0.770. The maximum Gasteiger partial charge on any atom is 0.150 e. The summed E-state index contributed by atoms with van der Waals surface area (Å²) >= 11 is 0. The van der Waals surface area contributed by atoms with E-state index in [1.807, 2.05) is 0 Å². The van der Waals surface area contributed by atoms with Gasteiger partial charge in [0.25, 0.3) is 0 Å². The molecule has 0 amide bonds. The van der Waals surface area contributed by atoms with Crippen LogP contribution in [0.4, 0.5) is 0 Å². The molecule has 4 aliphatic rings. The minimum Gasteiger partial charge on any atom is -0.298 e. The van der Waals surface area contributed by atoms with Crippen molar-refractivity contribution in [2.24, 2.45) is 22.2 Å². The number of terminal acetylenes is 1. The van der Waals surface area contributed by atoms with Gasteiger partial charge in [-0.2, -0.15) is 0 Å². The summed E-state index contributed by atoms with van der Waals surface area (Å²) in [5.41, 5.74) is 0.784. The van der Waals surface area contributed by atoms with Gasteiger partial charge < -0.3 is 0 Å². The minimum absolute atomic E-state index is 0.0463. The van der Waals surface area contributed by atoms with Gasteiger partial charge in [0, 0.05) is 5.41 Å². The van der Waals surface area contributed by atoms with E-state index in [9.17, 15) is 4.79 Å². The van der Waals surface area contributed by atoms with Gasteiger partial charge in [-0.05, 0) is 55.3 Å². The van der Waals surface area contributed by atoms with Gasteiger partial charge in [0.15, 0.2) is 5.78 Å². The summed E-state index contributed by atoms with van der Waals surface area (Å²) in [7, 11) is 0. The second kappa shape index (κ2) is 3.16. The predicted molar refractivity (Wildman–Crippen MR) is 68.3 cm³/mol. The fourth-order valence-corrected chi connectivity index (χ4v) is 6.04. The van der Waals surface area contributed by atoms with Crippen molar-refractivity contribution in [2.75, 3.05) is 0 Å². The van der Waals surface area contributed by atoms with Crippen LogP contribution in [0, 0.1) is 34.5 Å². The quantitative estimate of drug-likeness (QED) is 0.663. The molecule has 92 valence electrons. The first kappa shape index (κ1) is 11.3. The van der Waals surface area contributed by atoms with Crippen LogP contribution in [-0.4, -0.2) is 5.78 Å². The first-order chi connectivity index (χ1) is 7.89. The number of rotatable bonds is 2. The topological polar surface area (TPSA) is 17.1 Å². The molecule has 4 rings (SSSR count). The molecular weight excluding hydrogens is 208 g/mol. The van der Waals surface area contributed by atoms with E-state index in [4.69, 9.17) is 6.42 Å². The van der Waals surface area contributed by atoms with Gasteiger partial charge in [-0.3, -0.25) is 4.79 Å². The molecule has 0 saturated heterocycles. The van der Waals surface area contributed by atoms with Gasteiger partial charge in [0.2, 0.25) is 0 Å². The number of ketones is 1. The zero-order valence-corrected chi connectivity index (χ0v) is 11.0. The molecule has 0 heterocycles. The van der Waals surface area contributed by atoms with E-state index in [0.717, 1.165) is 25.2 Å². The van der Waals surface area contributed by atoms with E-state index in [1.165, 1.54) is 19.3 Å². The summed E-state index contributed by atoms with van der Waals surface area (Å²) in [6, 6.07) is 0. The molecular formula is C16H22O. The number of hydrogen-bond acceptors (Lipinski definition) is 1. The minimum atomic E-state index is -0.0463. The molecule has 2 unspecified atom stereocenters. The van der Waals surface area contributed by atoms with Crippen LogP contribution in [0.1, 0.15) is 58.8 Å². The molecule has 4 aliphatic carbocycles. The molecule has 4 saturated carbocycles. The Bertz CT molecular complexity index is 396. The molecule has 17 heavy (non-hydrogen) atoms. The normalized spacial score (nSPS) is 51.2. The SMILES string of the molecule is C#CCC(=O)C12CC3CC(C)(CC(C)(C3)C1)C2. The van der Waals surface area contributed by atoms with E-state index in [1.54, 1.807) is 0 Å². The molecule has 0 aromatic rings. The highest BCUT2D eigenvalue weighted by Gasteiger charge is 2.62. The Labute approximate surface area is 104 Å². The third-order valence-electron chi connectivity index (χ3n) is 5.48. The summed E-state index contributed by atoms with van der Waals surface area (Å²) in [5, 5.41) is 0. The van der Waals surface area contributed by atoms with Crippen molar-refractivity contribution >= 4 is 5.78 Å². The molecule has 4 fully saturated rings. The Morgan fingerprint density at radius 1 is 1.18 bits per heavy atom. The zero-order valence-electron chi connectivity index (χ0n) is 11.0. The van der Waals surface area contributed by atoms with Crippen molar-refractivity contribution in [3.63, 3.8) is 0 Å². The second-order valence-electron chi connectivity index (χ2n) is 7.71. The van der Waals surface area contributed by atoms with Crippen LogP contribution in [0.15, 0.2) is 0 Å². The third-order valence-corrected chi connectivity index (χ3v) is 5.48. The fraction of sp³-hybridized carbons (Fsp3) is 0.812. The fourth-order valence-electron chi connectivity index (χ4n) is 6.04. The molecule has 0 N–H and O–H groups in total. The predicted octanol–water partition coefficient (Wildman–Crippen LogP) is 3.58. The van der Waals surface area contributed by atoms with Crippen LogP contribution >= 0.6 is 0 Å². The van der Waals surface area contributed by atoms with E-state index in [-0.39, 0.29) is 5.41 Å². The first-order valence-corrected chi connectivity index (χ1v) is 6.86.